The Morgan fingerprint density at radius 2 is 2.08 bits per heavy atom. The van der Waals surface area contributed by atoms with Crippen LogP contribution in [0.1, 0.15) is 48.2 Å². The number of carbonyl (C=O) groups is 2. The van der Waals surface area contributed by atoms with Gasteiger partial charge in [-0.3, -0.25) is 9.59 Å². The summed E-state index contributed by atoms with van der Waals surface area (Å²) in [5.41, 5.74) is 1.23. The standard InChI is InChI=1S/C17H17NO5S/c1-8(2)17-18-15-9-6-13(10(19)4-5-14(20)21)24-12(9)7-11(22-3)16(15)23-17/h6-8H,4-5H2,1-3H3,(H,20,21). The van der Waals surface area contributed by atoms with Crippen molar-refractivity contribution < 1.29 is 23.8 Å². The highest BCUT2D eigenvalue weighted by molar-refractivity contribution is 7.21. The molecule has 2 aromatic heterocycles. The molecule has 0 spiro atoms. The van der Waals surface area contributed by atoms with Crippen molar-refractivity contribution in [2.45, 2.75) is 32.6 Å². The molecule has 7 heteroatoms. The molecule has 0 unspecified atom stereocenters. The van der Waals surface area contributed by atoms with Gasteiger partial charge < -0.3 is 14.3 Å². The number of carboxylic acid groups (broad SMARTS) is 1. The monoisotopic (exact) mass is 347 g/mol. The highest BCUT2D eigenvalue weighted by atomic mass is 32.1. The van der Waals surface area contributed by atoms with Crippen molar-refractivity contribution in [1.29, 1.82) is 0 Å². The number of hydrogen-bond donors (Lipinski definition) is 1. The highest BCUT2D eigenvalue weighted by Crippen LogP contribution is 2.39. The predicted octanol–water partition coefficient (Wildman–Crippen LogP) is 4.22. The number of thiophene rings is 1. The molecule has 0 radical (unpaired) electrons. The molecule has 0 fully saturated rings. The Morgan fingerprint density at radius 3 is 2.71 bits per heavy atom. The van der Waals surface area contributed by atoms with Crippen LogP contribution >= 0.6 is 11.3 Å². The maximum Gasteiger partial charge on any atom is 0.303 e. The van der Waals surface area contributed by atoms with Crippen molar-refractivity contribution in [2.75, 3.05) is 7.11 Å². The Hall–Kier alpha value is -2.41. The molecule has 3 aromatic rings. The summed E-state index contributed by atoms with van der Waals surface area (Å²) in [6.07, 6.45) is -0.189. The Morgan fingerprint density at radius 1 is 1.33 bits per heavy atom. The Labute approximate surface area is 142 Å². The Balaban J connectivity index is 2.12. The van der Waals surface area contributed by atoms with Crippen molar-refractivity contribution >= 4 is 44.3 Å². The summed E-state index contributed by atoms with van der Waals surface area (Å²) < 4.78 is 12.1. The number of ketones is 1. The minimum absolute atomic E-state index is 0.0154. The van der Waals surface area contributed by atoms with Crippen LogP contribution in [0.4, 0.5) is 0 Å². The van der Waals surface area contributed by atoms with Gasteiger partial charge in [0, 0.05) is 28.5 Å². The second kappa shape index (κ2) is 6.24. The third kappa shape index (κ3) is 2.87. The number of ether oxygens (including phenoxy) is 1. The van der Waals surface area contributed by atoms with Crippen molar-refractivity contribution in [1.82, 2.24) is 4.98 Å². The van der Waals surface area contributed by atoms with Gasteiger partial charge in [0.15, 0.2) is 23.0 Å². The number of Topliss-reactive ketones (excluding diaryl/α,β-unsaturated/α-hetero) is 1. The van der Waals surface area contributed by atoms with E-state index in [1.165, 1.54) is 11.3 Å². The number of methoxy groups -OCH3 is 1. The van der Waals surface area contributed by atoms with E-state index < -0.39 is 5.97 Å². The van der Waals surface area contributed by atoms with Crippen molar-refractivity contribution in [3.63, 3.8) is 0 Å². The fourth-order valence-electron chi connectivity index (χ4n) is 2.45. The molecule has 0 aliphatic rings. The van der Waals surface area contributed by atoms with Crippen LogP contribution < -0.4 is 4.74 Å². The number of oxazole rings is 1. The van der Waals surface area contributed by atoms with E-state index in [0.717, 1.165) is 10.1 Å². The molecular weight excluding hydrogens is 330 g/mol. The van der Waals surface area contributed by atoms with E-state index >= 15 is 0 Å². The minimum atomic E-state index is -0.980. The summed E-state index contributed by atoms with van der Waals surface area (Å²) in [4.78, 5) is 27.9. The van der Waals surface area contributed by atoms with Gasteiger partial charge in [-0.05, 0) is 6.07 Å². The number of rotatable bonds is 6. The average molecular weight is 347 g/mol. The van der Waals surface area contributed by atoms with Gasteiger partial charge in [0.25, 0.3) is 0 Å². The first-order valence-electron chi connectivity index (χ1n) is 7.56. The van der Waals surface area contributed by atoms with Crippen LogP contribution in [0.5, 0.6) is 5.75 Å². The number of carboxylic acids is 1. The summed E-state index contributed by atoms with van der Waals surface area (Å²) in [6, 6.07) is 3.59. The van der Waals surface area contributed by atoms with Gasteiger partial charge in [-0.25, -0.2) is 4.98 Å². The predicted molar refractivity (Wildman–Crippen MR) is 91.2 cm³/mol. The van der Waals surface area contributed by atoms with E-state index in [2.05, 4.69) is 4.98 Å². The fraction of sp³-hybridized carbons (Fsp3) is 0.353. The summed E-state index contributed by atoms with van der Waals surface area (Å²) in [7, 11) is 1.56. The molecule has 3 rings (SSSR count). The molecular formula is C17H17NO5S. The summed E-state index contributed by atoms with van der Waals surface area (Å²) >= 11 is 1.31. The molecule has 1 N–H and O–H groups in total. The van der Waals surface area contributed by atoms with Crippen LogP contribution in [0.3, 0.4) is 0 Å². The van der Waals surface area contributed by atoms with Crippen LogP contribution in [0.15, 0.2) is 16.5 Å². The molecule has 0 aliphatic heterocycles. The fourth-order valence-corrected chi connectivity index (χ4v) is 3.51. The Bertz CT molecular complexity index is 937. The van der Waals surface area contributed by atoms with Gasteiger partial charge >= 0.3 is 5.97 Å². The molecule has 0 bridgehead atoms. The first-order valence-corrected chi connectivity index (χ1v) is 8.38. The molecule has 2 heterocycles. The quantitative estimate of drug-likeness (QED) is 0.671. The van der Waals surface area contributed by atoms with E-state index in [1.807, 2.05) is 19.9 Å². The third-order valence-electron chi connectivity index (χ3n) is 3.70. The molecule has 126 valence electrons. The van der Waals surface area contributed by atoms with E-state index in [0.29, 0.717) is 27.6 Å². The SMILES string of the molecule is COc1cc2sc(C(=O)CCC(=O)O)cc2c2nc(C(C)C)oc12. The van der Waals surface area contributed by atoms with Gasteiger partial charge in [-0.2, -0.15) is 0 Å². The minimum Gasteiger partial charge on any atom is -0.493 e. The van der Waals surface area contributed by atoms with Crippen LogP contribution in [0, 0.1) is 0 Å². The van der Waals surface area contributed by atoms with Crippen molar-refractivity contribution in [2.24, 2.45) is 0 Å². The summed E-state index contributed by atoms with van der Waals surface area (Å²) in [5, 5.41) is 9.55. The number of aromatic nitrogens is 1. The number of fused-ring (bicyclic) bond motifs is 3. The second-order valence-corrected chi connectivity index (χ2v) is 6.89. The van der Waals surface area contributed by atoms with Crippen molar-refractivity contribution in [3.05, 3.63) is 22.9 Å². The van der Waals surface area contributed by atoms with E-state index in [1.54, 1.807) is 13.2 Å². The van der Waals surface area contributed by atoms with Crippen LogP contribution in [-0.2, 0) is 4.79 Å². The zero-order valence-electron chi connectivity index (χ0n) is 13.6. The number of aliphatic carboxylic acids is 1. The van der Waals surface area contributed by atoms with E-state index in [4.69, 9.17) is 14.3 Å². The summed E-state index contributed by atoms with van der Waals surface area (Å²) in [6.45, 7) is 3.98. The zero-order chi connectivity index (χ0) is 17.4. The van der Waals surface area contributed by atoms with Crippen LogP contribution in [-0.4, -0.2) is 29.0 Å². The van der Waals surface area contributed by atoms with Gasteiger partial charge in [0.05, 0.1) is 18.4 Å². The van der Waals surface area contributed by atoms with Crippen LogP contribution in [0.25, 0.3) is 21.2 Å². The molecule has 6 nitrogen and oxygen atoms in total. The second-order valence-electron chi connectivity index (χ2n) is 5.80. The lowest BCUT2D eigenvalue weighted by Crippen LogP contribution is -2.01. The van der Waals surface area contributed by atoms with Gasteiger partial charge in [0.2, 0.25) is 0 Å². The number of benzene rings is 1. The molecule has 0 aliphatic carbocycles. The smallest absolute Gasteiger partial charge is 0.303 e. The first kappa shape index (κ1) is 16.4. The van der Waals surface area contributed by atoms with Crippen LogP contribution in [0.2, 0.25) is 0 Å². The number of carbonyl (C=O) groups excluding carboxylic acids is 1. The topological polar surface area (TPSA) is 89.6 Å². The molecule has 0 saturated carbocycles. The average Bonchev–Trinajstić information content (AvgIpc) is 3.15. The lowest BCUT2D eigenvalue weighted by molar-refractivity contribution is -0.136. The largest absolute Gasteiger partial charge is 0.493 e. The molecule has 0 atom stereocenters. The first-order chi connectivity index (χ1) is 11.4. The summed E-state index contributed by atoms with van der Waals surface area (Å²) in [5.74, 6) is 0.154. The highest BCUT2D eigenvalue weighted by Gasteiger charge is 2.20. The molecule has 0 saturated heterocycles. The maximum absolute atomic E-state index is 12.2. The number of nitrogens with zero attached hydrogens (tertiary/aromatic N) is 1. The molecule has 1 aromatic carbocycles. The van der Waals surface area contributed by atoms with Crippen molar-refractivity contribution in [3.8, 4) is 5.75 Å². The molecule has 0 amide bonds. The van der Waals surface area contributed by atoms with Gasteiger partial charge in [-0.1, -0.05) is 13.8 Å². The lowest BCUT2D eigenvalue weighted by Gasteiger charge is -2.00. The third-order valence-corrected chi connectivity index (χ3v) is 4.82. The number of hydrogen-bond acceptors (Lipinski definition) is 6. The zero-order valence-corrected chi connectivity index (χ0v) is 14.4. The lowest BCUT2D eigenvalue weighted by atomic mass is 10.1. The van der Waals surface area contributed by atoms with Gasteiger partial charge in [0.1, 0.15) is 5.52 Å². The maximum atomic E-state index is 12.2. The van der Waals surface area contributed by atoms with Gasteiger partial charge in [-0.15, -0.1) is 11.3 Å². The van der Waals surface area contributed by atoms with E-state index in [9.17, 15) is 9.59 Å². The molecule has 24 heavy (non-hydrogen) atoms. The normalized spacial score (nSPS) is 11.5. The Kier molecular flexibility index (Phi) is 4.28. The van der Waals surface area contributed by atoms with E-state index in [-0.39, 0.29) is 24.5 Å².